The van der Waals surface area contributed by atoms with Gasteiger partial charge in [-0.2, -0.15) is 0 Å². The Balaban J connectivity index is 0.842. The molecule has 0 nitrogen and oxygen atoms in total. The molecule has 0 aliphatic rings. The average Bonchev–Trinajstić information content (AvgIpc) is 3.40. The molecule has 0 N–H and O–H groups in total. The molecule has 12 aromatic rings. The van der Waals surface area contributed by atoms with E-state index < -0.39 is 0 Å². The number of benzene rings is 12. The second-order valence-corrected chi connectivity index (χ2v) is 17.1. The molecule has 0 atom stereocenters. The highest BCUT2D eigenvalue weighted by atomic mass is 14.2. The molecule has 0 heterocycles. The maximum Gasteiger partial charge on any atom is -0.00141 e. The SMILES string of the molecule is C(=Cc1ccc(-c2cccc3c(-c4ccccc4)c4ccccc4c(-c4ccccc4)c23)cc1)c1ccc(-c2ccc(-c3c4ccccc4c(-c4ccccc4)c4ccccc34)cc2)cc1. The summed E-state index contributed by atoms with van der Waals surface area (Å²) in [5.41, 5.74) is 17.2. The third-order valence-electron chi connectivity index (χ3n) is 13.3. The fraction of sp³-hybridized carbons (Fsp3) is 0. The molecule has 0 radical (unpaired) electrons. The fourth-order valence-corrected chi connectivity index (χ4v) is 10.2. The summed E-state index contributed by atoms with van der Waals surface area (Å²) in [7, 11) is 0. The minimum absolute atomic E-state index is 1.16. The topological polar surface area (TPSA) is 0 Å². The first-order chi connectivity index (χ1) is 32.8. The standard InChI is InChI=1S/C66H44/c1-4-17-50(18-5-1)62-55-23-10-12-25-57(55)63(58-26-13-11-24-56(58)62)53-43-41-48(42-44-53)47-37-33-45(34-38-47)31-32-46-35-39-49(40-36-46)54-29-16-30-61-64(51-19-6-2-7-20-51)59-27-14-15-28-60(59)65(66(54)61)52-21-8-3-9-22-52/h1-44H. The average molecular weight is 837 g/mol. The Labute approximate surface area is 386 Å². The van der Waals surface area contributed by atoms with E-state index in [4.69, 9.17) is 0 Å². The largest absolute Gasteiger partial charge is 0.0622 e. The van der Waals surface area contributed by atoms with Crippen LogP contribution in [0.25, 0.3) is 122 Å². The highest BCUT2D eigenvalue weighted by Gasteiger charge is 2.20. The van der Waals surface area contributed by atoms with Crippen molar-refractivity contribution in [1.82, 2.24) is 0 Å². The van der Waals surface area contributed by atoms with Gasteiger partial charge in [-0.1, -0.05) is 267 Å². The lowest BCUT2D eigenvalue weighted by Gasteiger charge is -2.20. The fourth-order valence-electron chi connectivity index (χ4n) is 10.2. The van der Waals surface area contributed by atoms with Gasteiger partial charge in [0.2, 0.25) is 0 Å². The van der Waals surface area contributed by atoms with E-state index in [1.54, 1.807) is 0 Å². The van der Waals surface area contributed by atoms with Crippen molar-refractivity contribution in [2.75, 3.05) is 0 Å². The number of rotatable bonds is 8. The van der Waals surface area contributed by atoms with Gasteiger partial charge in [0.15, 0.2) is 0 Å². The van der Waals surface area contributed by atoms with Crippen molar-refractivity contribution in [2.24, 2.45) is 0 Å². The van der Waals surface area contributed by atoms with Crippen LogP contribution in [0.4, 0.5) is 0 Å². The molecule has 0 aromatic heterocycles. The van der Waals surface area contributed by atoms with Gasteiger partial charge in [0, 0.05) is 0 Å². The summed E-state index contributed by atoms with van der Waals surface area (Å²) in [6.45, 7) is 0. The first-order valence-corrected chi connectivity index (χ1v) is 22.8. The zero-order valence-electron chi connectivity index (χ0n) is 36.4. The Bertz CT molecular complexity index is 3680. The molecule has 0 amide bonds. The van der Waals surface area contributed by atoms with Crippen LogP contribution < -0.4 is 0 Å². The summed E-state index contributed by atoms with van der Waals surface area (Å²) in [6, 6.07) is 92.9. The van der Waals surface area contributed by atoms with Crippen LogP contribution in [-0.4, -0.2) is 0 Å². The van der Waals surface area contributed by atoms with Crippen molar-refractivity contribution in [3.05, 3.63) is 266 Å². The third-order valence-corrected chi connectivity index (χ3v) is 13.3. The van der Waals surface area contributed by atoms with Crippen LogP contribution in [0.3, 0.4) is 0 Å². The molecule has 0 unspecified atom stereocenters. The normalized spacial score (nSPS) is 11.6. The minimum Gasteiger partial charge on any atom is -0.0622 e. The van der Waals surface area contributed by atoms with Crippen LogP contribution in [-0.2, 0) is 0 Å². The van der Waals surface area contributed by atoms with E-state index in [0.717, 1.165) is 11.1 Å². The van der Waals surface area contributed by atoms with E-state index in [0.29, 0.717) is 0 Å². The molecule has 0 saturated carbocycles. The lowest BCUT2D eigenvalue weighted by Crippen LogP contribution is -1.93. The molecular weight excluding hydrogens is 793 g/mol. The van der Waals surface area contributed by atoms with Crippen molar-refractivity contribution < 1.29 is 0 Å². The van der Waals surface area contributed by atoms with Crippen LogP contribution in [0.5, 0.6) is 0 Å². The molecule has 0 aliphatic carbocycles. The predicted molar refractivity (Wildman–Crippen MR) is 284 cm³/mol. The highest BCUT2D eigenvalue weighted by Crippen LogP contribution is 2.47. The Morgan fingerprint density at radius 1 is 0.182 bits per heavy atom. The van der Waals surface area contributed by atoms with Gasteiger partial charge in [-0.05, 0) is 121 Å². The highest BCUT2D eigenvalue weighted by molar-refractivity contribution is 6.25. The molecule has 0 heteroatoms. The van der Waals surface area contributed by atoms with Crippen molar-refractivity contribution in [3.8, 4) is 66.8 Å². The number of hydrogen-bond donors (Lipinski definition) is 0. The smallest absolute Gasteiger partial charge is 0.00141 e. The first-order valence-electron chi connectivity index (χ1n) is 22.8. The molecule has 66 heavy (non-hydrogen) atoms. The molecule has 0 fully saturated rings. The second kappa shape index (κ2) is 16.8. The van der Waals surface area contributed by atoms with Crippen LogP contribution in [0.15, 0.2) is 255 Å². The maximum absolute atomic E-state index is 2.30. The van der Waals surface area contributed by atoms with Gasteiger partial charge < -0.3 is 0 Å². The van der Waals surface area contributed by atoms with Crippen LogP contribution in [0, 0.1) is 0 Å². The summed E-state index contributed by atoms with van der Waals surface area (Å²) in [6.07, 6.45) is 4.42. The Hall–Kier alpha value is -8.58. The summed E-state index contributed by atoms with van der Waals surface area (Å²) in [5, 5.41) is 10.1. The van der Waals surface area contributed by atoms with Crippen molar-refractivity contribution in [2.45, 2.75) is 0 Å². The third kappa shape index (κ3) is 6.97. The lowest BCUT2D eigenvalue weighted by atomic mass is 9.83. The van der Waals surface area contributed by atoms with Gasteiger partial charge in [-0.3, -0.25) is 0 Å². The molecule has 0 bridgehead atoms. The van der Waals surface area contributed by atoms with Crippen LogP contribution in [0.1, 0.15) is 11.1 Å². The number of fused-ring (bicyclic) bond motifs is 4. The quantitative estimate of drug-likeness (QED) is 0.106. The molecule has 0 saturated heterocycles. The van der Waals surface area contributed by atoms with E-state index in [2.05, 4.69) is 267 Å². The zero-order valence-corrected chi connectivity index (χ0v) is 36.4. The van der Waals surface area contributed by atoms with Gasteiger partial charge in [-0.25, -0.2) is 0 Å². The van der Waals surface area contributed by atoms with E-state index in [1.807, 2.05) is 0 Å². The van der Waals surface area contributed by atoms with Crippen LogP contribution >= 0.6 is 0 Å². The predicted octanol–water partition coefficient (Wildman–Crippen LogP) is 18.5. The van der Waals surface area contributed by atoms with Gasteiger partial charge >= 0.3 is 0 Å². The molecule has 0 spiro atoms. The Kier molecular flexibility index (Phi) is 9.97. The van der Waals surface area contributed by atoms with Crippen molar-refractivity contribution in [3.63, 3.8) is 0 Å². The Morgan fingerprint density at radius 3 is 0.894 bits per heavy atom. The van der Waals surface area contributed by atoms with Gasteiger partial charge in [-0.15, -0.1) is 0 Å². The molecular formula is C66H44. The molecule has 308 valence electrons. The molecule has 12 rings (SSSR count). The molecule has 12 aromatic carbocycles. The second-order valence-electron chi connectivity index (χ2n) is 17.1. The van der Waals surface area contributed by atoms with E-state index in [9.17, 15) is 0 Å². The minimum atomic E-state index is 1.16. The van der Waals surface area contributed by atoms with Gasteiger partial charge in [0.25, 0.3) is 0 Å². The van der Waals surface area contributed by atoms with Gasteiger partial charge in [0.05, 0.1) is 0 Å². The van der Waals surface area contributed by atoms with Crippen LogP contribution in [0.2, 0.25) is 0 Å². The van der Waals surface area contributed by atoms with Crippen molar-refractivity contribution in [1.29, 1.82) is 0 Å². The summed E-state index contributed by atoms with van der Waals surface area (Å²) < 4.78 is 0. The molecule has 0 aliphatic heterocycles. The summed E-state index contributed by atoms with van der Waals surface area (Å²) in [4.78, 5) is 0. The first kappa shape index (κ1) is 39.0. The summed E-state index contributed by atoms with van der Waals surface area (Å²) >= 11 is 0. The van der Waals surface area contributed by atoms with Crippen molar-refractivity contribution >= 4 is 55.2 Å². The van der Waals surface area contributed by atoms with E-state index in [-0.39, 0.29) is 0 Å². The summed E-state index contributed by atoms with van der Waals surface area (Å²) in [5.74, 6) is 0. The number of hydrogen-bond acceptors (Lipinski definition) is 0. The lowest BCUT2D eigenvalue weighted by molar-refractivity contribution is 1.59. The zero-order chi connectivity index (χ0) is 43.8. The monoisotopic (exact) mass is 836 g/mol. The van der Waals surface area contributed by atoms with Gasteiger partial charge in [0.1, 0.15) is 0 Å². The Morgan fingerprint density at radius 2 is 0.470 bits per heavy atom. The maximum atomic E-state index is 2.30. The van der Waals surface area contributed by atoms with E-state index >= 15 is 0 Å². The van der Waals surface area contributed by atoms with E-state index in [1.165, 1.54) is 110 Å².